The number of aromatic nitrogens is 1. The van der Waals surface area contributed by atoms with Gasteiger partial charge in [-0.2, -0.15) is 0 Å². The van der Waals surface area contributed by atoms with Gasteiger partial charge in [0.2, 0.25) is 15.9 Å². The van der Waals surface area contributed by atoms with Gasteiger partial charge in [0.25, 0.3) is 0 Å². The van der Waals surface area contributed by atoms with Gasteiger partial charge in [-0.1, -0.05) is 6.07 Å². The fraction of sp³-hybridized carbons (Fsp3) is 0.583. The van der Waals surface area contributed by atoms with Crippen molar-refractivity contribution < 1.29 is 13.2 Å². The number of sulfonamides is 1. The Hall–Kier alpha value is -1.14. The molecule has 0 aromatic carbocycles. The third-order valence-corrected chi connectivity index (χ3v) is 3.74. The van der Waals surface area contributed by atoms with Crippen molar-refractivity contribution in [1.29, 1.82) is 0 Å². The maximum Gasteiger partial charge on any atom is 0.213 e. The summed E-state index contributed by atoms with van der Waals surface area (Å²) in [7, 11) is -3.10. The average molecular weight is 270 g/mol. The standard InChI is InChI=1S/C12H18N2O3S/c1-18(15,16)14-10-5-7-11(8-6-10)17-12-4-2-3-9-13-12/h2-4,9-11,14H,5-8H2,1H3. The van der Waals surface area contributed by atoms with Crippen LogP contribution >= 0.6 is 0 Å². The van der Waals surface area contributed by atoms with Crippen molar-refractivity contribution in [2.75, 3.05) is 6.26 Å². The summed E-state index contributed by atoms with van der Waals surface area (Å²) in [6.45, 7) is 0. The van der Waals surface area contributed by atoms with Crippen LogP contribution in [-0.2, 0) is 10.0 Å². The second kappa shape index (κ2) is 5.67. The van der Waals surface area contributed by atoms with Crippen LogP contribution in [0.1, 0.15) is 25.7 Å². The molecule has 1 aromatic rings. The van der Waals surface area contributed by atoms with Crippen LogP contribution in [-0.4, -0.2) is 31.8 Å². The van der Waals surface area contributed by atoms with Crippen molar-refractivity contribution >= 4 is 10.0 Å². The second-order valence-electron chi connectivity index (χ2n) is 4.65. The molecule has 6 heteroatoms. The van der Waals surface area contributed by atoms with Crippen molar-refractivity contribution in [3.8, 4) is 5.88 Å². The largest absolute Gasteiger partial charge is 0.474 e. The SMILES string of the molecule is CS(=O)(=O)NC1CCC(Oc2ccccn2)CC1. The average Bonchev–Trinajstić information content (AvgIpc) is 2.31. The normalized spacial score (nSPS) is 24.7. The van der Waals surface area contributed by atoms with Gasteiger partial charge >= 0.3 is 0 Å². The lowest BCUT2D eigenvalue weighted by Crippen LogP contribution is -2.39. The molecule has 1 saturated carbocycles. The van der Waals surface area contributed by atoms with Gasteiger partial charge in [0, 0.05) is 18.3 Å². The minimum Gasteiger partial charge on any atom is -0.474 e. The van der Waals surface area contributed by atoms with Gasteiger partial charge in [-0.05, 0) is 31.7 Å². The Kier molecular flexibility index (Phi) is 4.19. The first-order valence-electron chi connectivity index (χ1n) is 6.08. The Bertz CT molecular complexity index is 467. The van der Waals surface area contributed by atoms with Crippen molar-refractivity contribution in [1.82, 2.24) is 9.71 Å². The third-order valence-electron chi connectivity index (χ3n) is 2.98. The smallest absolute Gasteiger partial charge is 0.213 e. The second-order valence-corrected chi connectivity index (χ2v) is 6.43. The molecule has 0 aliphatic heterocycles. The zero-order chi connectivity index (χ0) is 13.0. The quantitative estimate of drug-likeness (QED) is 0.896. The summed E-state index contributed by atoms with van der Waals surface area (Å²) in [5.41, 5.74) is 0. The maximum absolute atomic E-state index is 11.1. The van der Waals surface area contributed by atoms with Crippen molar-refractivity contribution in [2.24, 2.45) is 0 Å². The summed E-state index contributed by atoms with van der Waals surface area (Å²) in [5.74, 6) is 0.636. The Morgan fingerprint density at radius 2 is 2.00 bits per heavy atom. The number of ether oxygens (including phenoxy) is 1. The number of nitrogens with zero attached hydrogens (tertiary/aromatic N) is 1. The molecule has 0 radical (unpaired) electrons. The number of hydrogen-bond donors (Lipinski definition) is 1. The van der Waals surface area contributed by atoms with E-state index in [1.807, 2.05) is 18.2 Å². The fourth-order valence-corrected chi connectivity index (χ4v) is 3.03. The molecule has 0 saturated heterocycles. The van der Waals surface area contributed by atoms with Gasteiger partial charge in [-0.3, -0.25) is 0 Å². The van der Waals surface area contributed by atoms with E-state index in [1.165, 1.54) is 6.26 Å². The number of rotatable bonds is 4. The van der Waals surface area contributed by atoms with Crippen LogP contribution in [0, 0.1) is 0 Å². The summed E-state index contributed by atoms with van der Waals surface area (Å²) in [6, 6.07) is 5.61. The molecule has 0 spiro atoms. The predicted octanol–water partition coefficient (Wildman–Crippen LogP) is 1.32. The monoisotopic (exact) mass is 270 g/mol. The molecule has 2 rings (SSSR count). The van der Waals surface area contributed by atoms with Gasteiger partial charge in [0.15, 0.2) is 0 Å². The summed E-state index contributed by atoms with van der Waals surface area (Å²) in [4.78, 5) is 4.12. The molecule has 1 aromatic heterocycles. The van der Waals surface area contributed by atoms with E-state index in [9.17, 15) is 8.42 Å². The highest BCUT2D eigenvalue weighted by atomic mass is 32.2. The number of pyridine rings is 1. The first-order valence-corrected chi connectivity index (χ1v) is 7.97. The molecule has 100 valence electrons. The molecule has 0 amide bonds. The van der Waals surface area contributed by atoms with Crippen LogP contribution in [0.4, 0.5) is 0 Å². The minimum absolute atomic E-state index is 0.0450. The first-order chi connectivity index (χ1) is 8.53. The highest BCUT2D eigenvalue weighted by Crippen LogP contribution is 2.22. The summed E-state index contributed by atoms with van der Waals surface area (Å²) in [5, 5.41) is 0. The molecule has 1 fully saturated rings. The van der Waals surface area contributed by atoms with Gasteiger partial charge in [0.05, 0.1) is 6.26 Å². The van der Waals surface area contributed by atoms with E-state index in [4.69, 9.17) is 4.74 Å². The Labute approximate surface area is 108 Å². The van der Waals surface area contributed by atoms with Gasteiger partial charge in [-0.15, -0.1) is 0 Å². The highest BCUT2D eigenvalue weighted by Gasteiger charge is 2.24. The number of hydrogen-bond acceptors (Lipinski definition) is 4. The zero-order valence-corrected chi connectivity index (χ0v) is 11.2. The molecule has 18 heavy (non-hydrogen) atoms. The first kappa shape index (κ1) is 13.3. The third kappa shape index (κ3) is 4.27. The summed E-state index contributed by atoms with van der Waals surface area (Å²) in [6.07, 6.45) is 6.36. The van der Waals surface area contributed by atoms with E-state index in [-0.39, 0.29) is 12.1 Å². The predicted molar refractivity (Wildman–Crippen MR) is 68.9 cm³/mol. The molecule has 0 unspecified atom stereocenters. The van der Waals surface area contributed by atoms with Crippen LogP contribution in [0.2, 0.25) is 0 Å². The summed E-state index contributed by atoms with van der Waals surface area (Å²) < 4.78 is 30.6. The van der Waals surface area contributed by atoms with Crippen LogP contribution in [0.25, 0.3) is 0 Å². The van der Waals surface area contributed by atoms with Crippen LogP contribution in [0.15, 0.2) is 24.4 Å². The molecule has 0 bridgehead atoms. The minimum atomic E-state index is -3.10. The van der Waals surface area contributed by atoms with E-state index in [2.05, 4.69) is 9.71 Å². The van der Waals surface area contributed by atoms with Crippen molar-refractivity contribution in [2.45, 2.75) is 37.8 Å². The highest BCUT2D eigenvalue weighted by molar-refractivity contribution is 7.88. The molecular formula is C12H18N2O3S. The molecular weight excluding hydrogens is 252 g/mol. The topological polar surface area (TPSA) is 68.3 Å². The van der Waals surface area contributed by atoms with E-state index < -0.39 is 10.0 Å². The van der Waals surface area contributed by atoms with Crippen LogP contribution in [0.5, 0.6) is 5.88 Å². The van der Waals surface area contributed by atoms with Gasteiger partial charge in [0.1, 0.15) is 6.10 Å². The molecule has 1 aliphatic carbocycles. The van der Waals surface area contributed by atoms with Crippen molar-refractivity contribution in [3.63, 3.8) is 0 Å². The Balaban J connectivity index is 1.80. The number of nitrogens with one attached hydrogen (secondary N) is 1. The lowest BCUT2D eigenvalue weighted by Gasteiger charge is -2.28. The van der Waals surface area contributed by atoms with E-state index in [0.717, 1.165) is 25.7 Å². The fourth-order valence-electron chi connectivity index (χ4n) is 2.19. The van der Waals surface area contributed by atoms with E-state index in [1.54, 1.807) is 6.20 Å². The Morgan fingerprint density at radius 1 is 1.28 bits per heavy atom. The van der Waals surface area contributed by atoms with Crippen LogP contribution in [0.3, 0.4) is 0 Å². The lowest BCUT2D eigenvalue weighted by molar-refractivity contribution is 0.138. The lowest BCUT2D eigenvalue weighted by atomic mass is 9.94. The Morgan fingerprint density at radius 3 is 2.56 bits per heavy atom. The molecule has 5 nitrogen and oxygen atoms in total. The van der Waals surface area contributed by atoms with E-state index >= 15 is 0 Å². The van der Waals surface area contributed by atoms with Crippen molar-refractivity contribution in [3.05, 3.63) is 24.4 Å². The summed E-state index contributed by atoms with van der Waals surface area (Å²) >= 11 is 0. The van der Waals surface area contributed by atoms with Crippen LogP contribution < -0.4 is 9.46 Å². The zero-order valence-electron chi connectivity index (χ0n) is 10.4. The molecule has 1 heterocycles. The molecule has 1 N–H and O–H groups in total. The maximum atomic E-state index is 11.1. The molecule has 0 atom stereocenters. The van der Waals surface area contributed by atoms with Gasteiger partial charge in [-0.25, -0.2) is 18.1 Å². The van der Waals surface area contributed by atoms with E-state index in [0.29, 0.717) is 5.88 Å². The molecule has 1 aliphatic rings. The van der Waals surface area contributed by atoms with Gasteiger partial charge < -0.3 is 4.74 Å².